The fraction of sp³-hybridized carbons (Fsp3) is 0.706. The molecule has 4 heteroatoms. The van der Waals surface area contributed by atoms with Crippen LogP contribution in [0.5, 0.6) is 0 Å². The summed E-state index contributed by atoms with van der Waals surface area (Å²) in [6.45, 7) is 3.04. The summed E-state index contributed by atoms with van der Waals surface area (Å²) in [6.07, 6.45) is 9.22. The van der Waals surface area contributed by atoms with Gasteiger partial charge in [-0.2, -0.15) is 0 Å². The van der Waals surface area contributed by atoms with E-state index in [0.717, 1.165) is 32.5 Å². The summed E-state index contributed by atoms with van der Waals surface area (Å²) in [5.41, 5.74) is 1.31. The molecule has 1 saturated heterocycles. The van der Waals surface area contributed by atoms with Crippen LogP contribution in [-0.2, 0) is 11.8 Å². The molecule has 1 atom stereocenters. The molecule has 1 aromatic rings. The van der Waals surface area contributed by atoms with Crippen molar-refractivity contribution in [3.05, 3.63) is 24.0 Å². The fourth-order valence-electron chi connectivity index (χ4n) is 3.82. The number of nitrogens with one attached hydrogen (secondary N) is 1. The number of amides is 1. The lowest BCUT2D eigenvalue weighted by molar-refractivity contribution is -0.125. The van der Waals surface area contributed by atoms with Crippen LogP contribution in [-0.4, -0.2) is 35.0 Å². The van der Waals surface area contributed by atoms with E-state index in [1.165, 1.54) is 31.4 Å². The third kappa shape index (κ3) is 3.31. The summed E-state index contributed by atoms with van der Waals surface area (Å²) < 4.78 is 2.19. The van der Waals surface area contributed by atoms with Gasteiger partial charge in [0.2, 0.25) is 5.91 Å². The Balaban J connectivity index is 1.64. The topological polar surface area (TPSA) is 37.3 Å². The molecule has 4 nitrogen and oxygen atoms in total. The second-order valence-electron chi connectivity index (χ2n) is 6.53. The zero-order chi connectivity index (χ0) is 14.7. The van der Waals surface area contributed by atoms with Gasteiger partial charge in [0.15, 0.2) is 0 Å². The van der Waals surface area contributed by atoms with Crippen molar-refractivity contribution in [2.75, 3.05) is 19.6 Å². The summed E-state index contributed by atoms with van der Waals surface area (Å²) in [5.74, 6) is 0.531. The zero-order valence-electron chi connectivity index (χ0n) is 13.1. The number of nitrogens with zero attached hydrogens (tertiary/aromatic N) is 2. The Kier molecular flexibility index (Phi) is 4.63. The largest absolute Gasteiger partial charge is 0.354 e. The predicted molar refractivity (Wildman–Crippen MR) is 83.9 cm³/mol. The maximum absolute atomic E-state index is 12.3. The lowest BCUT2D eigenvalue weighted by Crippen LogP contribution is -2.39. The van der Waals surface area contributed by atoms with E-state index in [1.54, 1.807) is 0 Å². The third-order valence-corrected chi connectivity index (χ3v) is 5.10. The van der Waals surface area contributed by atoms with Crippen LogP contribution in [0.1, 0.15) is 50.3 Å². The van der Waals surface area contributed by atoms with E-state index >= 15 is 0 Å². The Hall–Kier alpha value is -1.29. The maximum Gasteiger partial charge on any atom is 0.223 e. The molecule has 0 spiro atoms. The molecule has 116 valence electrons. The molecule has 1 aliphatic heterocycles. The molecule has 1 saturated carbocycles. The third-order valence-electron chi connectivity index (χ3n) is 5.10. The lowest BCUT2D eigenvalue weighted by Gasteiger charge is -2.28. The summed E-state index contributed by atoms with van der Waals surface area (Å²) >= 11 is 0. The van der Waals surface area contributed by atoms with E-state index in [1.807, 2.05) is 0 Å². The molecule has 2 aliphatic rings. The van der Waals surface area contributed by atoms with Crippen LogP contribution in [0, 0.1) is 5.92 Å². The second-order valence-corrected chi connectivity index (χ2v) is 6.53. The fourth-order valence-corrected chi connectivity index (χ4v) is 3.82. The molecule has 2 heterocycles. The van der Waals surface area contributed by atoms with Gasteiger partial charge < -0.3 is 9.88 Å². The summed E-state index contributed by atoms with van der Waals surface area (Å²) in [4.78, 5) is 14.8. The number of carbonyl (C=O) groups excluding carboxylic acids is 1. The first-order chi connectivity index (χ1) is 10.3. The van der Waals surface area contributed by atoms with Crippen molar-refractivity contribution in [2.24, 2.45) is 13.0 Å². The minimum Gasteiger partial charge on any atom is -0.354 e. The van der Waals surface area contributed by atoms with E-state index in [9.17, 15) is 4.79 Å². The van der Waals surface area contributed by atoms with Crippen molar-refractivity contribution in [2.45, 2.75) is 44.6 Å². The van der Waals surface area contributed by atoms with Crippen LogP contribution in [0.25, 0.3) is 0 Å². The molecular formula is C17H27N3O. The SMILES string of the molecule is Cn1cccc1C(CNC(=O)C1CCCC1)N1CCCC1. The molecular weight excluding hydrogens is 262 g/mol. The molecule has 0 radical (unpaired) electrons. The first-order valence-electron chi connectivity index (χ1n) is 8.38. The van der Waals surface area contributed by atoms with Gasteiger partial charge in [0, 0.05) is 31.4 Å². The standard InChI is InChI=1S/C17H27N3O/c1-19-10-6-9-15(19)16(20-11-4-5-12-20)13-18-17(21)14-7-2-3-8-14/h6,9-10,14,16H,2-5,7-8,11-13H2,1H3,(H,18,21). The predicted octanol–water partition coefficient (Wildman–Crippen LogP) is 2.47. The van der Waals surface area contributed by atoms with Gasteiger partial charge in [0.1, 0.15) is 0 Å². The van der Waals surface area contributed by atoms with Crippen LogP contribution in [0.4, 0.5) is 0 Å². The Morgan fingerprint density at radius 2 is 2.00 bits per heavy atom. The molecule has 0 aromatic carbocycles. The number of carbonyl (C=O) groups is 1. The summed E-state index contributed by atoms with van der Waals surface area (Å²) in [5, 5.41) is 3.22. The van der Waals surface area contributed by atoms with Crippen molar-refractivity contribution >= 4 is 5.91 Å². The number of hydrogen-bond donors (Lipinski definition) is 1. The van der Waals surface area contributed by atoms with Crippen molar-refractivity contribution in [3.63, 3.8) is 0 Å². The van der Waals surface area contributed by atoms with Gasteiger partial charge >= 0.3 is 0 Å². The zero-order valence-corrected chi connectivity index (χ0v) is 13.1. The van der Waals surface area contributed by atoms with Crippen LogP contribution < -0.4 is 5.32 Å². The monoisotopic (exact) mass is 289 g/mol. The normalized spacial score (nSPS) is 21.8. The minimum absolute atomic E-state index is 0.262. The van der Waals surface area contributed by atoms with Gasteiger partial charge in [-0.1, -0.05) is 12.8 Å². The van der Waals surface area contributed by atoms with Gasteiger partial charge in [0.25, 0.3) is 0 Å². The Morgan fingerprint density at radius 3 is 2.62 bits per heavy atom. The number of likely N-dealkylation sites (tertiary alicyclic amines) is 1. The van der Waals surface area contributed by atoms with Crippen LogP contribution in [0.15, 0.2) is 18.3 Å². The summed E-state index contributed by atoms with van der Waals surface area (Å²) in [6, 6.07) is 4.60. The quantitative estimate of drug-likeness (QED) is 0.904. The van der Waals surface area contributed by atoms with Crippen molar-refractivity contribution in [1.82, 2.24) is 14.8 Å². The van der Waals surface area contributed by atoms with Crippen molar-refractivity contribution in [3.8, 4) is 0 Å². The highest BCUT2D eigenvalue weighted by molar-refractivity contribution is 5.78. The molecule has 1 amide bonds. The maximum atomic E-state index is 12.3. The highest BCUT2D eigenvalue weighted by Gasteiger charge is 2.27. The second kappa shape index (κ2) is 6.65. The Morgan fingerprint density at radius 1 is 1.29 bits per heavy atom. The first-order valence-corrected chi connectivity index (χ1v) is 8.38. The smallest absolute Gasteiger partial charge is 0.223 e. The van der Waals surface area contributed by atoms with E-state index in [-0.39, 0.29) is 11.8 Å². The van der Waals surface area contributed by atoms with Gasteiger partial charge in [-0.05, 0) is 50.9 Å². The first kappa shape index (κ1) is 14.6. The van der Waals surface area contributed by atoms with Crippen molar-refractivity contribution in [1.29, 1.82) is 0 Å². The van der Waals surface area contributed by atoms with Crippen molar-refractivity contribution < 1.29 is 4.79 Å². The molecule has 1 N–H and O–H groups in total. The molecule has 2 fully saturated rings. The minimum atomic E-state index is 0.262. The molecule has 21 heavy (non-hydrogen) atoms. The molecule has 1 aromatic heterocycles. The molecule has 1 aliphatic carbocycles. The lowest BCUT2D eigenvalue weighted by atomic mass is 10.1. The van der Waals surface area contributed by atoms with Gasteiger partial charge in [0.05, 0.1) is 6.04 Å². The highest BCUT2D eigenvalue weighted by atomic mass is 16.1. The summed E-state index contributed by atoms with van der Waals surface area (Å²) in [7, 11) is 2.09. The number of aromatic nitrogens is 1. The number of rotatable bonds is 5. The Bertz CT molecular complexity index is 470. The van der Waals surface area contributed by atoms with Gasteiger partial charge in [-0.25, -0.2) is 0 Å². The average molecular weight is 289 g/mol. The van der Waals surface area contributed by atoms with E-state index in [0.29, 0.717) is 6.04 Å². The molecule has 3 rings (SSSR count). The van der Waals surface area contributed by atoms with Gasteiger partial charge in [-0.3, -0.25) is 9.69 Å². The number of hydrogen-bond acceptors (Lipinski definition) is 2. The van der Waals surface area contributed by atoms with Gasteiger partial charge in [-0.15, -0.1) is 0 Å². The number of aryl methyl sites for hydroxylation is 1. The molecule has 0 bridgehead atoms. The highest BCUT2D eigenvalue weighted by Crippen LogP contribution is 2.27. The van der Waals surface area contributed by atoms with E-state index < -0.39 is 0 Å². The van der Waals surface area contributed by atoms with E-state index in [2.05, 4.69) is 40.2 Å². The molecule has 1 unspecified atom stereocenters. The van der Waals surface area contributed by atoms with Crippen LogP contribution >= 0.6 is 0 Å². The average Bonchev–Trinajstić information content (AvgIpc) is 3.21. The van der Waals surface area contributed by atoms with Crippen LogP contribution in [0.3, 0.4) is 0 Å². The van der Waals surface area contributed by atoms with E-state index in [4.69, 9.17) is 0 Å². The van der Waals surface area contributed by atoms with Crippen LogP contribution in [0.2, 0.25) is 0 Å². The Labute approximate surface area is 127 Å².